The maximum atomic E-state index is 11.0. The molecular formula is C45H32N3OPt-. The van der Waals surface area contributed by atoms with E-state index >= 15 is 0 Å². The average molecular weight is 826 g/mol. The summed E-state index contributed by atoms with van der Waals surface area (Å²) in [7, 11) is 0. The van der Waals surface area contributed by atoms with Crippen molar-refractivity contribution in [3.8, 4) is 67.5 Å². The third kappa shape index (κ3) is 5.11. The number of imidazole rings is 1. The third-order valence-corrected chi connectivity index (χ3v) is 9.85. The van der Waals surface area contributed by atoms with Gasteiger partial charge in [0, 0.05) is 49.6 Å². The molecule has 2 heterocycles. The molecule has 5 heteroatoms. The molecule has 0 amide bonds. The molecule has 1 aliphatic carbocycles. The van der Waals surface area contributed by atoms with Gasteiger partial charge in [-0.15, -0.1) is 23.8 Å². The topological polar surface area (TPSA) is 50.9 Å². The van der Waals surface area contributed by atoms with Gasteiger partial charge in [0.25, 0.3) is 0 Å². The molecule has 0 bridgehead atoms. The Hall–Kier alpha value is -5.57. The molecule has 4 nitrogen and oxygen atoms in total. The van der Waals surface area contributed by atoms with E-state index in [9.17, 15) is 5.11 Å². The van der Waals surface area contributed by atoms with Gasteiger partial charge in [0.1, 0.15) is 11.6 Å². The van der Waals surface area contributed by atoms with Crippen LogP contribution in [0, 0.1) is 6.07 Å². The van der Waals surface area contributed by atoms with Crippen molar-refractivity contribution in [3.63, 3.8) is 0 Å². The normalized spacial score (nSPS) is 12.7. The molecule has 0 saturated heterocycles. The molecule has 0 fully saturated rings. The molecule has 0 unspecified atom stereocenters. The Kier molecular flexibility index (Phi) is 7.85. The summed E-state index contributed by atoms with van der Waals surface area (Å²) in [5.41, 5.74) is 14.2. The number of phenols is 1. The first kappa shape index (κ1) is 31.7. The molecular weight excluding hydrogens is 794 g/mol. The Morgan fingerprint density at radius 3 is 2.04 bits per heavy atom. The molecule has 244 valence electrons. The van der Waals surface area contributed by atoms with Crippen molar-refractivity contribution >= 4 is 11.0 Å². The summed E-state index contributed by atoms with van der Waals surface area (Å²) in [6, 6.07) is 53.4. The number of rotatable bonds is 5. The van der Waals surface area contributed by atoms with Crippen LogP contribution < -0.4 is 0 Å². The number of nitrogens with zero attached hydrogens (tertiary/aromatic N) is 3. The van der Waals surface area contributed by atoms with E-state index < -0.39 is 0 Å². The minimum absolute atomic E-state index is 0. The van der Waals surface area contributed by atoms with E-state index in [1.165, 1.54) is 22.3 Å². The molecule has 9 rings (SSSR count). The molecule has 0 aliphatic heterocycles. The molecule has 6 aromatic carbocycles. The van der Waals surface area contributed by atoms with Crippen molar-refractivity contribution in [2.24, 2.45) is 0 Å². The van der Waals surface area contributed by atoms with Crippen LogP contribution in [0.1, 0.15) is 25.0 Å². The van der Waals surface area contributed by atoms with Crippen molar-refractivity contribution in [3.05, 3.63) is 169 Å². The monoisotopic (exact) mass is 825 g/mol. The Labute approximate surface area is 306 Å². The first-order valence-electron chi connectivity index (χ1n) is 16.6. The maximum absolute atomic E-state index is 11.0. The Morgan fingerprint density at radius 1 is 0.600 bits per heavy atom. The minimum atomic E-state index is -0.140. The van der Waals surface area contributed by atoms with Crippen LogP contribution in [0.25, 0.3) is 72.7 Å². The van der Waals surface area contributed by atoms with Gasteiger partial charge < -0.3 is 5.11 Å². The van der Waals surface area contributed by atoms with Gasteiger partial charge in [-0.3, -0.25) is 9.55 Å². The standard InChI is InChI=1S/C45H32N3O.Pt/c1-45(2)38-21-11-9-18-35(38)37-28-46-40(27-39(37)45)32-25-30(29-14-5-3-6-15-29)24-31(26-32)34-20-13-22-41-43(34)47-44(36-19-10-12-23-42(36)49)48(41)33-16-7-4-8-17-33;/h3-25,27-28,49H,1-2H3;/q-1;. The number of fused-ring (bicyclic) bond motifs is 4. The SMILES string of the molecule is CC1(C)c2ccccc2-c2cnc(-c3[c-]c(-c4cccc5c4nc(-c4ccccc4O)n5-c4ccccc4)cc(-c4ccccc4)c3)cc21.[Pt]. The molecule has 8 aromatic rings. The smallest absolute Gasteiger partial charge is 0.148 e. The molecule has 0 saturated carbocycles. The van der Waals surface area contributed by atoms with Gasteiger partial charge >= 0.3 is 0 Å². The van der Waals surface area contributed by atoms with Crippen LogP contribution in [-0.4, -0.2) is 19.6 Å². The summed E-state index contributed by atoms with van der Waals surface area (Å²) >= 11 is 0. The van der Waals surface area contributed by atoms with E-state index in [4.69, 9.17) is 9.97 Å². The summed E-state index contributed by atoms with van der Waals surface area (Å²) in [6.45, 7) is 4.59. The number of aromatic nitrogens is 3. The fourth-order valence-electron chi connectivity index (χ4n) is 7.39. The second kappa shape index (κ2) is 12.4. The zero-order chi connectivity index (χ0) is 33.1. The van der Waals surface area contributed by atoms with E-state index in [2.05, 4.69) is 122 Å². The molecule has 2 aromatic heterocycles. The minimum Gasteiger partial charge on any atom is -0.507 e. The number of para-hydroxylation sites is 3. The van der Waals surface area contributed by atoms with Gasteiger partial charge in [0.05, 0.1) is 16.6 Å². The summed E-state index contributed by atoms with van der Waals surface area (Å²) in [4.78, 5) is 10.3. The van der Waals surface area contributed by atoms with Gasteiger partial charge in [-0.05, 0) is 52.6 Å². The number of aromatic hydroxyl groups is 1. The van der Waals surface area contributed by atoms with Gasteiger partial charge in [0.2, 0.25) is 0 Å². The van der Waals surface area contributed by atoms with Crippen molar-refractivity contribution in [2.75, 3.05) is 0 Å². The fraction of sp³-hybridized carbons (Fsp3) is 0.0667. The van der Waals surface area contributed by atoms with E-state index in [0.717, 1.165) is 50.2 Å². The van der Waals surface area contributed by atoms with Crippen LogP contribution in [0.15, 0.2) is 152 Å². The summed E-state index contributed by atoms with van der Waals surface area (Å²) in [5, 5.41) is 11.0. The van der Waals surface area contributed by atoms with Crippen LogP contribution in [-0.2, 0) is 26.5 Å². The number of benzene rings is 6. The summed E-state index contributed by atoms with van der Waals surface area (Å²) < 4.78 is 2.12. The molecule has 0 radical (unpaired) electrons. The van der Waals surface area contributed by atoms with Crippen LogP contribution in [0.3, 0.4) is 0 Å². The second-order valence-corrected chi connectivity index (χ2v) is 13.1. The van der Waals surface area contributed by atoms with E-state index in [1.54, 1.807) is 6.07 Å². The van der Waals surface area contributed by atoms with Gasteiger partial charge in [-0.25, -0.2) is 4.98 Å². The summed E-state index contributed by atoms with van der Waals surface area (Å²) in [5.74, 6) is 0.859. The molecule has 1 aliphatic rings. The Bertz CT molecular complexity index is 2540. The molecule has 0 spiro atoms. The van der Waals surface area contributed by atoms with Crippen molar-refractivity contribution in [1.29, 1.82) is 0 Å². The Morgan fingerprint density at radius 2 is 1.26 bits per heavy atom. The number of hydrogen-bond acceptors (Lipinski definition) is 3. The van der Waals surface area contributed by atoms with Crippen LogP contribution in [0.2, 0.25) is 0 Å². The van der Waals surface area contributed by atoms with Crippen molar-refractivity contribution in [1.82, 2.24) is 14.5 Å². The second-order valence-electron chi connectivity index (χ2n) is 13.1. The van der Waals surface area contributed by atoms with Crippen molar-refractivity contribution < 1.29 is 26.2 Å². The zero-order valence-electron chi connectivity index (χ0n) is 27.5. The predicted octanol–water partition coefficient (Wildman–Crippen LogP) is 10.9. The predicted molar refractivity (Wildman–Crippen MR) is 199 cm³/mol. The van der Waals surface area contributed by atoms with Gasteiger partial charge in [-0.2, -0.15) is 0 Å². The van der Waals surface area contributed by atoms with Crippen LogP contribution >= 0.6 is 0 Å². The van der Waals surface area contributed by atoms with E-state index in [1.807, 2.05) is 48.7 Å². The molecule has 50 heavy (non-hydrogen) atoms. The van der Waals surface area contributed by atoms with Crippen LogP contribution in [0.5, 0.6) is 5.75 Å². The maximum Gasteiger partial charge on any atom is 0.148 e. The number of hydrogen-bond donors (Lipinski definition) is 1. The third-order valence-electron chi connectivity index (χ3n) is 9.85. The van der Waals surface area contributed by atoms with Crippen molar-refractivity contribution in [2.45, 2.75) is 19.3 Å². The molecule has 1 N–H and O–H groups in total. The number of pyridine rings is 1. The first-order chi connectivity index (χ1) is 24.0. The van der Waals surface area contributed by atoms with E-state index in [-0.39, 0.29) is 32.2 Å². The average Bonchev–Trinajstić information content (AvgIpc) is 3.65. The quantitative estimate of drug-likeness (QED) is 0.176. The largest absolute Gasteiger partial charge is 0.507 e. The zero-order valence-corrected chi connectivity index (χ0v) is 29.8. The van der Waals surface area contributed by atoms with Crippen LogP contribution in [0.4, 0.5) is 0 Å². The molecule has 0 atom stereocenters. The first-order valence-corrected chi connectivity index (χ1v) is 16.6. The van der Waals surface area contributed by atoms with E-state index in [0.29, 0.717) is 11.4 Å². The Balaban J connectivity index is 0.00000361. The van der Waals surface area contributed by atoms with Gasteiger partial charge in [0.15, 0.2) is 0 Å². The van der Waals surface area contributed by atoms with Gasteiger partial charge in [-0.1, -0.05) is 134 Å². The fourth-order valence-corrected chi connectivity index (χ4v) is 7.39. The number of phenolic OH excluding ortho intramolecular Hbond substituents is 1. The summed E-state index contributed by atoms with van der Waals surface area (Å²) in [6.07, 6.45) is 2.03.